The lowest BCUT2D eigenvalue weighted by Crippen LogP contribution is -2.16. The van der Waals surface area contributed by atoms with Gasteiger partial charge in [0.25, 0.3) is 0 Å². The van der Waals surface area contributed by atoms with Crippen molar-refractivity contribution in [2.45, 2.75) is 38.2 Å². The van der Waals surface area contributed by atoms with E-state index in [0.717, 1.165) is 32.1 Å². The molecule has 0 spiro atoms. The predicted molar refractivity (Wildman–Crippen MR) is 41.1 cm³/mol. The van der Waals surface area contributed by atoms with Crippen LogP contribution in [0.4, 0.5) is 0 Å². The molecule has 0 radical (unpaired) electrons. The maximum absolute atomic E-state index is 11.2. The fourth-order valence-electron chi connectivity index (χ4n) is 2.06. The molecule has 0 aliphatic heterocycles. The molecule has 0 amide bonds. The third-order valence-corrected chi connectivity index (χ3v) is 2.92. The van der Waals surface area contributed by atoms with Gasteiger partial charge in [0.15, 0.2) is 0 Å². The molecule has 0 bridgehead atoms. The molecule has 2 heteroatoms. The molecule has 2 aliphatic rings. The van der Waals surface area contributed by atoms with Gasteiger partial charge >= 0.3 is 0 Å². The summed E-state index contributed by atoms with van der Waals surface area (Å²) in [5.41, 5.74) is 0. The van der Waals surface area contributed by atoms with Crippen LogP contribution in [0.15, 0.2) is 0 Å². The molecule has 2 aliphatic carbocycles. The Balaban J connectivity index is 2.00. The van der Waals surface area contributed by atoms with E-state index in [2.05, 4.69) is 0 Å². The number of Topliss-reactive ketones (excluding diaryl/α,β-unsaturated/α-hetero) is 1. The van der Waals surface area contributed by atoms with E-state index in [1.807, 2.05) is 0 Å². The van der Waals surface area contributed by atoms with Crippen molar-refractivity contribution in [1.29, 1.82) is 0 Å². The van der Waals surface area contributed by atoms with Crippen LogP contribution in [-0.4, -0.2) is 17.0 Å². The highest BCUT2D eigenvalue weighted by Crippen LogP contribution is 2.45. The van der Waals surface area contributed by atoms with Gasteiger partial charge in [-0.1, -0.05) is 6.42 Å². The standard InChI is InChI=1S/C9H14O2/c10-8-3-1-2-4-9(11)7-5-6(7)8/h6-8,10H,1-5H2/t6-,7-,8?/m1/s1. The minimum Gasteiger partial charge on any atom is -0.393 e. The summed E-state index contributed by atoms with van der Waals surface area (Å²) in [5, 5.41) is 9.49. The van der Waals surface area contributed by atoms with Crippen molar-refractivity contribution >= 4 is 5.78 Å². The first-order valence-corrected chi connectivity index (χ1v) is 4.50. The third-order valence-electron chi connectivity index (χ3n) is 2.92. The molecule has 0 aromatic rings. The molecule has 11 heavy (non-hydrogen) atoms. The second-order valence-corrected chi connectivity index (χ2v) is 3.79. The molecule has 62 valence electrons. The highest BCUT2D eigenvalue weighted by atomic mass is 16.3. The number of hydrogen-bond donors (Lipinski definition) is 1. The highest BCUT2D eigenvalue weighted by Gasteiger charge is 2.46. The Bertz CT molecular complexity index is 176. The predicted octanol–water partition coefficient (Wildman–Crippen LogP) is 1.13. The van der Waals surface area contributed by atoms with Crippen LogP contribution >= 0.6 is 0 Å². The summed E-state index contributed by atoms with van der Waals surface area (Å²) in [6, 6.07) is 0. The highest BCUT2D eigenvalue weighted by molar-refractivity contribution is 5.83. The van der Waals surface area contributed by atoms with Gasteiger partial charge in [-0.25, -0.2) is 0 Å². The van der Waals surface area contributed by atoms with E-state index < -0.39 is 0 Å². The van der Waals surface area contributed by atoms with Crippen LogP contribution in [0.1, 0.15) is 32.1 Å². The molecule has 2 fully saturated rings. The second-order valence-electron chi connectivity index (χ2n) is 3.79. The van der Waals surface area contributed by atoms with Gasteiger partial charge in [-0.2, -0.15) is 0 Å². The SMILES string of the molecule is O=C1CCCCC(O)[C@@H]2C[C@@H]12. The Morgan fingerprint density at radius 1 is 1.36 bits per heavy atom. The summed E-state index contributed by atoms with van der Waals surface area (Å²) in [6.45, 7) is 0. The van der Waals surface area contributed by atoms with Crippen molar-refractivity contribution in [2.75, 3.05) is 0 Å². The molecule has 1 N–H and O–H groups in total. The zero-order valence-electron chi connectivity index (χ0n) is 6.62. The van der Waals surface area contributed by atoms with Crippen LogP contribution < -0.4 is 0 Å². The number of carbonyl (C=O) groups is 1. The van der Waals surface area contributed by atoms with Crippen LogP contribution in [0.25, 0.3) is 0 Å². The number of rotatable bonds is 0. The van der Waals surface area contributed by atoms with Gasteiger partial charge in [0.05, 0.1) is 6.10 Å². The lowest BCUT2D eigenvalue weighted by atomic mass is 9.98. The monoisotopic (exact) mass is 154 g/mol. The molecule has 3 atom stereocenters. The Morgan fingerprint density at radius 3 is 3.00 bits per heavy atom. The first-order chi connectivity index (χ1) is 5.29. The first-order valence-electron chi connectivity index (χ1n) is 4.50. The van der Waals surface area contributed by atoms with E-state index in [-0.39, 0.29) is 12.0 Å². The summed E-state index contributed by atoms with van der Waals surface area (Å²) >= 11 is 0. The molecular weight excluding hydrogens is 140 g/mol. The van der Waals surface area contributed by atoms with E-state index in [0.29, 0.717) is 11.7 Å². The number of aliphatic hydroxyl groups is 1. The molecule has 0 heterocycles. The smallest absolute Gasteiger partial charge is 0.136 e. The van der Waals surface area contributed by atoms with E-state index in [1.165, 1.54) is 0 Å². The van der Waals surface area contributed by atoms with Gasteiger partial charge in [0.2, 0.25) is 0 Å². The fraction of sp³-hybridized carbons (Fsp3) is 0.889. The average Bonchev–Trinajstić information content (AvgIpc) is 2.73. The Hall–Kier alpha value is -0.370. The van der Waals surface area contributed by atoms with E-state index >= 15 is 0 Å². The average molecular weight is 154 g/mol. The molecular formula is C9H14O2. The summed E-state index contributed by atoms with van der Waals surface area (Å²) in [7, 11) is 0. The number of fused-ring (bicyclic) bond motifs is 1. The Labute approximate surface area is 66.6 Å². The van der Waals surface area contributed by atoms with E-state index in [1.54, 1.807) is 0 Å². The summed E-state index contributed by atoms with van der Waals surface area (Å²) in [5.74, 6) is 0.974. The van der Waals surface area contributed by atoms with Gasteiger partial charge in [0.1, 0.15) is 5.78 Å². The zero-order chi connectivity index (χ0) is 7.84. The minimum absolute atomic E-state index is 0.177. The second kappa shape index (κ2) is 2.59. The number of hydrogen-bond acceptors (Lipinski definition) is 2. The number of ketones is 1. The quantitative estimate of drug-likeness (QED) is 0.568. The van der Waals surface area contributed by atoms with Gasteiger partial charge in [-0.05, 0) is 25.2 Å². The molecule has 2 rings (SSSR count). The van der Waals surface area contributed by atoms with Crippen LogP contribution in [-0.2, 0) is 4.79 Å². The van der Waals surface area contributed by atoms with Crippen LogP contribution in [0.2, 0.25) is 0 Å². The summed E-state index contributed by atoms with van der Waals surface area (Å²) < 4.78 is 0. The van der Waals surface area contributed by atoms with Crippen molar-refractivity contribution in [2.24, 2.45) is 11.8 Å². The molecule has 0 aromatic carbocycles. The topological polar surface area (TPSA) is 37.3 Å². The lowest BCUT2D eigenvalue weighted by molar-refractivity contribution is -0.121. The van der Waals surface area contributed by atoms with Crippen molar-refractivity contribution in [1.82, 2.24) is 0 Å². The lowest BCUT2D eigenvalue weighted by Gasteiger charge is -2.12. The summed E-state index contributed by atoms with van der Waals surface area (Å²) in [6.07, 6.45) is 4.46. The Morgan fingerprint density at radius 2 is 2.18 bits per heavy atom. The first kappa shape index (κ1) is 7.29. The Kier molecular flexibility index (Phi) is 1.72. The van der Waals surface area contributed by atoms with Gasteiger partial charge in [0, 0.05) is 12.3 Å². The maximum Gasteiger partial charge on any atom is 0.136 e. The third kappa shape index (κ3) is 1.32. The fourth-order valence-corrected chi connectivity index (χ4v) is 2.06. The zero-order valence-corrected chi connectivity index (χ0v) is 6.62. The van der Waals surface area contributed by atoms with E-state index in [9.17, 15) is 9.90 Å². The maximum atomic E-state index is 11.2. The van der Waals surface area contributed by atoms with Crippen molar-refractivity contribution in [3.05, 3.63) is 0 Å². The molecule has 0 aromatic heterocycles. The molecule has 2 saturated carbocycles. The van der Waals surface area contributed by atoms with Gasteiger partial charge in [-0.15, -0.1) is 0 Å². The van der Waals surface area contributed by atoms with Crippen LogP contribution in [0.3, 0.4) is 0 Å². The largest absolute Gasteiger partial charge is 0.393 e. The molecule has 1 unspecified atom stereocenters. The minimum atomic E-state index is -0.177. The normalized spacial score (nSPS) is 44.1. The van der Waals surface area contributed by atoms with Crippen LogP contribution in [0, 0.1) is 11.8 Å². The molecule has 2 nitrogen and oxygen atoms in total. The molecule has 0 saturated heterocycles. The van der Waals surface area contributed by atoms with Gasteiger partial charge in [-0.3, -0.25) is 4.79 Å². The van der Waals surface area contributed by atoms with Crippen molar-refractivity contribution in [3.8, 4) is 0 Å². The summed E-state index contributed by atoms with van der Waals surface area (Å²) in [4.78, 5) is 11.2. The number of aliphatic hydroxyl groups excluding tert-OH is 1. The van der Waals surface area contributed by atoms with Gasteiger partial charge < -0.3 is 5.11 Å². The van der Waals surface area contributed by atoms with Crippen LogP contribution in [0.5, 0.6) is 0 Å². The van der Waals surface area contributed by atoms with Crippen molar-refractivity contribution in [3.63, 3.8) is 0 Å². The number of carbonyl (C=O) groups excluding carboxylic acids is 1. The van der Waals surface area contributed by atoms with E-state index in [4.69, 9.17) is 0 Å². The van der Waals surface area contributed by atoms with Crippen molar-refractivity contribution < 1.29 is 9.90 Å².